The number of urea groups is 1. The highest BCUT2D eigenvalue weighted by Crippen LogP contribution is 2.38. The molecule has 4 amide bonds. The van der Waals surface area contributed by atoms with E-state index in [1.165, 1.54) is 6.08 Å². The molecule has 2 bridgehead atoms. The molecule has 1 aromatic heterocycles. The second-order valence-corrected chi connectivity index (χ2v) is 10.2. The largest absolute Gasteiger partial charge is 0.494 e. The number of pyridine rings is 1. The van der Waals surface area contributed by atoms with Crippen LogP contribution in [-0.4, -0.2) is 65.0 Å². The van der Waals surface area contributed by atoms with Crippen LogP contribution < -0.4 is 15.6 Å². The summed E-state index contributed by atoms with van der Waals surface area (Å²) >= 11 is 0. The monoisotopic (exact) mass is 504 g/mol. The molecule has 3 atom stereocenters. The first-order valence-electron chi connectivity index (χ1n) is 12.8. The number of fused-ring (bicyclic) bond motifs is 4. The molecular weight excluding hydrogens is 472 g/mol. The van der Waals surface area contributed by atoms with Crippen LogP contribution in [0.2, 0.25) is 0 Å². The molecule has 3 aliphatic heterocycles. The molecule has 2 fully saturated rings. The average Bonchev–Trinajstić information content (AvgIpc) is 2.87. The van der Waals surface area contributed by atoms with E-state index >= 15 is 0 Å². The Morgan fingerprint density at radius 3 is 2.59 bits per heavy atom. The minimum atomic E-state index is -1.48. The molecule has 37 heavy (non-hydrogen) atoms. The zero-order valence-electron chi connectivity index (χ0n) is 21.0. The van der Waals surface area contributed by atoms with E-state index in [1.54, 1.807) is 12.1 Å². The summed E-state index contributed by atoms with van der Waals surface area (Å²) in [5.74, 6) is -0.00878. The Kier molecular flexibility index (Phi) is 6.72. The van der Waals surface area contributed by atoms with Crippen molar-refractivity contribution < 1.29 is 19.1 Å². The van der Waals surface area contributed by atoms with Crippen molar-refractivity contribution in [1.29, 1.82) is 0 Å². The molecule has 1 unspecified atom stereocenters. The fourth-order valence-corrected chi connectivity index (χ4v) is 6.10. The average molecular weight is 505 g/mol. The third-order valence-corrected chi connectivity index (χ3v) is 7.66. The van der Waals surface area contributed by atoms with Crippen molar-refractivity contribution in [3.8, 4) is 5.75 Å². The fraction of sp³-hybridized carbons (Fsp3) is 0.429. The summed E-state index contributed by atoms with van der Waals surface area (Å²) in [6.07, 6.45) is 2.59. The highest BCUT2D eigenvalue weighted by Gasteiger charge is 2.55. The van der Waals surface area contributed by atoms with Crippen molar-refractivity contribution >= 4 is 17.8 Å². The Balaban J connectivity index is 1.47. The molecule has 1 aromatic carbocycles. The van der Waals surface area contributed by atoms with E-state index < -0.39 is 23.3 Å². The normalized spacial score (nSPS) is 25.4. The van der Waals surface area contributed by atoms with Gasteiger partial charge in [0.1, 0.15) is 11.2 Å². The number of hydrogen-bond acceptors (Lipinski definition) is 6. The first-order chi connectivity index (χ1) is 17.8. The second kappa shape index (κ2) is 9.97. The number of nitrogens with one attached hydrogen (secondary N) is 1. The number of piperidine rings is 1. The van der Waals surface area contributed by atoms with Gasteiger partial charge >= 0.3 is 6.03 Å². The Morgan fingerprint density at radius 1 is 1.08 bits per heavy atom. The third-order valence-electron chi connectivity index (χ3n) is 7.66. The van der Waals surface area contributed by atoms with Crippen molar-refractivity contribution in [3.05, 3.63) is 76.7 Å². The van der Waals surface area contributed by atoms with E-state index in [-0.39, 0.29) is 36.9 Å². The van der Waals surface area contributed by atoms with Crippen LogP contribution >= 0.6 is 0 Å². The highest BCUT2D eigenvalue weighted by atomic mass is 16.5. The Bertz CT molecular complexity index is 1290. The number of aromatic nitrogens is 1. The summed E-state index contributed by atoms with van der Waals surface area (Å²) in [5, 5.41) is 2.43. The molecule has 1 N–H and O–H groups in total. The molecular formula is C28H32N4O5. The van der Waals surface area contributed by atoms with Gasteiger partial charge in [0.05, 0.1) is 6.61 Å². The van der Waals surface area contributed by atoms with Gasteiger partial charge in [-0.15, -0.1) is 6.58 Å². The van der Waals surface area contributed by atoms with Crippen molar-refractivity contribution in [3.63, 3.8) is 0 Å². The van der Waals surface area contributed by atoms with Gasteiger partial charge in [-0.2, -0.15) is 0 Å². The molecule has 0 radical (unpaired) electrons. The van der Waals surface area contributed by atoms with Crippen LogP contribution in [0.1, 0.15) is 30.5 Å². The number of benzene rings is 1. The minimum Gasteiger partial charge on any atom is -0.494 e. The van der Waals surface area contributed by atoms with Crippen LogP contribution in [0, 0.1) is 11.3 Å². The zero-order valence-corrected chi connectivity index (χ0v) is 21.0. The zero-order chi connectivity index (χ0) is 26.2. The molecule has 4 heterocycles. The summed E-state index contributed by atoms with van der Waals surface area (Å²) in [6.45, 7) is 8.22. The number of ether oxygens (including phenoxy) is 1. The lowest BCUT2D eigenvalue weighted by molar-refractivity contribution is -0.153. The number of likely N-dealkylation sites (tertiary alicyclic amines) is 1. The lowest BCUT2D eigenvalue weighted by atomic mass is 9.75. The van der Waals surface area contributed by atoms with Crippen LogP contribution in [0.25, 0.3) is 0 Å². The predicted molar refractivity (Wildman–Crippen MR) is 137 cm³/mol. The maximum absolute atomic E-state index is 13.9. The van der Waals surface area contributed by atoms with Gasteiger partial charge in [0.25, 0.3) is 5.56 Å². The second-order valence-electron chi connectivity index (χ2n) is 10.2. The van der Waals surface area contributed by atoms with Crippen LogP contribution in [0.15, 0.2) is 59.9 Å². The van der Waals surface area contributed by atoms with Gasteiger partial charge in [0.15, 0.2) is 0 Å². The topological polar surface area (TPSA) is 101 Å². The minimum absolute atomic E-state index is 0.00744. The highest BCUT2D eigenvalue weighted by molar-refractivity contribution is 6.19. The van der Waals surface area contributed by atoms with Crippen molar-refractivity contribution in [2.24, 2.45) is 11.3 Å². The number of carbonyl (C=O) groups excluding carboxylic acids is 3. The van der Waals surface area contributed by atoms with Crippen LogP contribution in [0.3, 0.4) is 0 Å². The van der Waals surface area contributed by atoms with Gasteiger partial charge in [-0.25, -0.2) is 4.79 Å². The molecule has 9 nitrogen and oxygen atoms in total. The Morgan fingerprint density at radius 2 is 1.86 bits per heavy atom. The van der Waals surface area contributed by atoms with E-state index in [9.17, 15) is 19.2 Å². The maximum Gasteiger partial charge on any atom is 0.331 e. The third kappa shape index (κ3) is 4.59. The predicted octanol–water partition coefficient (Wildman–Crippen LogP) is 2.16. The summed E-state index contributed by atoms with van der Waals surface area (Å²) in [7, 11) is 0. The van der Waals surface area contributed by atoms with Crippen LogP contribution in [-0.2, 0) is 22.6 Å². The number of amides is 4. The smallest absolute Gasteiger partial charge is 0.331 e. The lowest BCUT2D eigenvalue weighted by Gasteiger charge is -2.47. The summed E-state index contributed by atoms with van der Waals surface area (Å²) in [4.78, 5) is 55.6. The molecule has 0 aliphatic carbocycles. The van der Waals surface area contributed by atoms with Gasteiger partial charge in [0, 0.05) is 50.4 Å². The molecule has 9 heteroatoms. The van der Waals surface area contributed by atoms with E-state index in [0.717, 1.165) is 22.6 Å². The van der Waals surface area contributed by atoms with Gasteiger partial charge in [-0.1, -0.05) is 24.3 Å². The first-order valence-corrected chi connectivity index (χ1v) is 12.8. The molecule has 3 aliphatic rings. The van der Waals surface area contributed by atoms with Gasteiger partial charge < -0.3 is 14.2 Å². The number of rotatable bonds is 8. The fourth-order valence-electron chi connectivity index (χ4n) is 6.10. The molecule has 2 aromatic rings. The van der Waals surface area contributed by atoms with Crippen molar-refractivity contribution in [2.45, 2.75) is 32.2 Å². The van der Waals surface area contributed by atoms with Gasteiger partial charge in [-0.3, -0.25) is 24.6 Å². The lowest BCUT2D eigenvalue weighted by Crippen LogP contribution is -2.68. The van der Waals surface area contributed by atoms with Crippen molar-refractivity contribution in [2.75, 3.05) is 32.8 Å². The standard InChI is InChI=1S/C28H32N4O5/c1-3-12-31-26(35)28(25(34)29-27(31)36,14-19-8-10-22(11-9-19)37-4-2)18-30-15-20-13-21(17-30)23-6-5-7-24(33)32(23)16-20/h3,5-11,20-21H,1,4,12-18H2,2H3,(H,29,34,36)/t20-,21+,28?/m1/s1. The molecule has 2 saturated heterocycles. The molecule has 0 spiro atoms. The maximum atomic E-state index is 13.9. The molecule has 5 rings (SSSR count). The molecule has 194 valence electrons. The Labute approximate surface area is 215 Å². The van der Waals surface area contributed by atoms with E-state index in [2.05, 4.69) is 16.8 Å². The molecule has 0 saturated carbocycles. The van der Waals surface area contributed by atoms with Crippen LogP contribution in [0.4, 0.5) is 4.79 Å². The van der Waals surface area contributed by atoms with Crippen LogP contribution in [0.5, 0.6) is 5.75 Å². The number of carbonyl (C=O) groups is 3. The first kappa shape index (κ1) is 25.0. The summed E-state index contributed by atoms with van der Waals surface area (Å²) < 4.78 is 7.40. The SMILES string of the molecule is C=CCN1C(=O)NC(=O)C(Cc2ccc(OCC)cc2)(CN2C[C@H]3C[C@@H](C2)c2cccc(=O)n2C3)C1=O. The summed E-state index contributed by atoms with van der Waals surface area (Å²) in [5.41, 5.74) is 0.324. The number of imide groups is 2. The van der Waals surface area contributed by atoms with E-state index in [4.69, 9.17) is 4.74 Å². The quantitative estimate of drug-likeness (QED) is 0.437. The summed E-state index contributed by atoms with van der Waals surface area (Å²) in [6, 6.07) is 12.0. The number of hydrogen-bond donors (Lipinski definition) is 1. The van der Waals surface area contributed by atoms with Gasteiger partial charge in [-0.05, 0) is 49.4 Å². The number of nitrogens with zero attached hydrogens (tertiary/aromatic N) is 3. The van der Waals surface area contributed by atoms with E-state index in [0.29, 0.717) is 32.0 Å². The Hall–Kier alpha value is -3.72. The number of barbiturate groups is 1. The van der Waals surface area contributed by atoms with Crippen molar-refractivity contribution in [1.82, 2.24) is 19.7 Å². The van der Waals surface area contributed by atoms with E-state index in [1.807, 2.05) is 41.8 Å². The van der Waals surface area contributed by atoms with Gasteiger partial charge in [0.2, 0.25) is 11.8 Å².